The Morgan fingerprint density at radius 3 is 2.68 bits per heavy atom. The third-order valence-electron chi connectivity index (χ3n) is 3.84. The molecule has 2 aromatic carbocycles. The highest BCUT2D eigenvalue weighted by Crippen LogP contribution is 2.33. The molecule has 0 aliphatic carbocycles. The summed E-state index contributed by atoms with van der Waals surface area (Å²) < 4.78 is 27.2. The van der Waals surface area contributed by atoms with Crippen LogP contribution in [0.3, 0.4) is 0 Å². The molecule has 25 heavy (non-hydrogen) atoms. The van der Waals surface area contributed by atoms with E-state index in [-0.39, 0.29) is 6.54 Å². The highest BCUT2D eigenvalue weighted by Gasteiger charge is 2.12. The summed E-state index contributed by atoms with van der Waals surface area (Å²) >= 11 is -2.05. The number of nitrogens with zero attached hydrogens (tertiary/aromatic N) is 2. The molecule has 0 fully saturated rings. The first-order valence-electron chi connectivity index (χ1n) is 7.43. The summed E-state index contributed by atoms with van der Waals surface area (Å²) in [6, 6.07) is 15.2. The number of pyridine rings is 1. The van der Waals surface area contributed by atoms with Crippen molar-refractivity contribution in [2.75, 3.05) is 7.11 Å². The third-order valence-corrected chi connectivity index (χ3v) is 4.23. The van der Waals surface area contributed by atoms with Crippen molar-refractivity contribution in [2.45, 2.75) is 6.54 Å². The van der Waals surface area contributed by atoms with Gasteiger partial charge in [0.05, 0.1) is 18.2 Å². The fraction of sp³-hybridized carbons (Fsp3) is 0.111. The van der Waals surface area contributed by atoms with E-state index in [2.05, 4.69) is 15.8 Å². The van der Waals surface area contributed by atoms with E-state index in [0.29, 0.717) is 11.3 Å². The highest BCUT2D eigenvalue weighted by molar-refractivity contribution is 7.77. The topological polar surface area (TPSA) is 95.2 Å². The van der Waals surface area contributed by atoms with E-state index in [1.807, 2.05) is 42.5 Å². The Balaban J connectivity index is 2.10. The van der Waals surface area contributed by atoms with Crippen LogP contribution >= 0.6 is 0 Å². The quantitative estimate of drug-likeness (QED) is 0.688. The Bertz CT molecular complexity index is 981. The van der Waals surface area contributed by atoms with Crippen LogP contribution < -0.4 is 9.46 Å². The van der Waals surface area contributed by atoms with E-state index in [1.165, 1.54) is 0 Å². The van der Waals surface area contributed by atoms with Crippen molar-refractivity contribution in [2.24, 2.45) is 0 Å². The summed E-state index contributed by atoms with van der Waals surface area (Å²) in [7, 11) is 1.59. The lowest BCUT2D eigenvalue weighted by Crippen LogP contribution is -2.15. The fourth-order valence-electron chi connectivity index (χ4n) is 2.63. The molecular weight excluding hydrogens is 338 g/mol. The molecule has 3 aromatic rings. The molecule has 0 aliphatic rings. The second kappa shape index (κ2) is 7.40. The Kier molecular flexibility index (Phi) is 5.05. The van der Waals surface area contributed by atoms with Crippen LogP contribution in [0.1, 0.15) is 11.1 Å². The number of methoxy groups -OCH3 is 1. The highest BCUT2D eigenvalue weighted by atomic mass is 32.2. The van der Waals surface area contributed by atoms with Crippen LogP contribution in [0.25, 0.3) is 22.0 Å². The van der Waals surface area contributed by atoms with Gasteiger partial charge < -0.3 is 4.74 Å². The zero-order chi connectivity index (χ0) is 17.8. The van der Waals surface area contributed by atoms with E-state index >= 15 is 0 Å². The van der Waals surface area contributed by atoms with E-state index < -0.39 is 11.3 Å². The van der Waals surface area contributed by atoms with Crippen LogP contribution in [-0.2, 0) is 17.8 Å². The average molecular weight is 353 g/mol. The minimum atomic E-state index is -2.05. The van der Waals surface area contributed by atoms with E-state index in [9.17, 15) is 9.47 Å². The second-order valence-corrected chi connectivity index (χ2v) is 6.10. The summed E-state index contributed by atoms with van der Waals surface area (Å²) in [6.45, 7) is 0.277. The number of ether oxygens (including phenoxy) is 1. The predicted molar refractivity (Wildman–Crippen MR) is 96.1 cm³/mol. The van der Waals surface area contributed by atoms with Crippen molar-refractivity contribution in [3.63, 3.8) is 0 Å². The average Bonchev–Trinajstić information content (AvgIpc) is 2.65. The largest absolute Gasteiger partial charge is 0.497 e. The SMILES string of the molecule is COc1ccc2ncc(C#N)c(-c3ccc(CNS(=O)O)cc3)c2c1. The van der Waals surface area contributed by atoms with Gasteiger partial charge >= 0.3 is 0 Å². The van der Waals surface area contributed by atoms with Gasteiger partial charge in [-0.05, 0) is 29.3 Å². The number of hydrogen-bond acceptors (Lipinski definition) is 4. The van der Waals surface area contributed by atoms with Crippen molar-refractivity contribution in [3.05, 3.63) is 59.8 Å². The molecule has 0 amide bonds. The van der Waals surface area contributed by atoms with E-state index in [1.54, 1.807) is 13.3 Å². The van der Waals surface area contributed by atoms with Gasteiger partial charge in [-0.25, -0.2) is 8.93 Å². The van der Waals surface area contributed by atoms with Gasteiger partial charge in [-0.2, -0.15) is 5.26 Å². The first-order chi connectivity index (χ1) is 12.1. The van der Waals surface area contributed by atoms with Crippen LogP contribution in [0, 0.1) is 11.3 Å². The smallest absolute Gasteiger partial charge is 0.232 e. The molecule has 1 unspecified atom stereocenters. The molecule has 2 N–H and O–H groups in total. The first kappa shape index (κ1) is 17.0. The molecule has 3 rings (SSSR count). The zero-order valence-electron chi connectivity index (χ0n) is 13.4. The Morgan fingerprint density at radius 2 is 2.04 bits per heavy atom. The molecule has 0 bridgehead atoms. The van der Waals surface area contributed by atoms with Crippen LogP contribution in [-0.4, -0.2) is 20.9 Å². The number of benzene rings is 2. The minimum absolute atomic E-state index is 0.277. The zero-order valence-corrected chi connectivity index (χ0v) is 14.2. The maximum Gasteiger partial charge on any atom is 0.232 e. The van der Waals surface area contributed by atoms with Crippen LogP contribution in [0.5, 0.6) is 5.75 Å². The van der Waals surface area contributed by atoms with Gasteiger partial charge in [-0.3, -0.25) is 9.54 Å². The van der Waals surface area contributed by atoms with E-state index in [0.717, 1.165) is 27.6 Å². The summed E-state index contributed by atoms with van der Waals surface area (Å²) in [5, 5.41) is 10.3. The summed E-state index contributed by atoms with van der Waals surface area (Å²) in [6.07, 6.45) is 1.56. The van der Waals surface area contributed by atoms with Crippen molar-refractivity contribution < 1.29 is 13.5 Å². The van der Waals surface area contributed by atoms with E-state index in [4.69, 9.17) is 9.29 Å². The first-order valence-corrected chi connectivity index (χ1v) is 8.53. The van der Waals surface area contributed by atoms with Crippen molar-refractivity contribution in [1.82, 2.24) is 9.71 Å². The Morgan fingerprint density at radius 1 is 1.28 bits per heavy atom. The normalized spacial score (nSPS) is 11.9. The Labute approximate surface area is 147 Å². The molecule has 0 saturated heterocycles. The molecule has 0 aliphatic heterocycles. The maximum atomic E-state index is 10.7. The number of rotatable bonds is 5. The molecular formula is C18H15N3O3S. The van der Waals surface area contributed by atoms with Gasteiger partial charge in [0.2, 0.25) is 11.3 Å². The monoisotopic (exact) mass is 353 g/mol. The van der Waals surface area contributed by atoms with Gasteiger partial charge in [-0.15, -0.1) is 0 Å². The standard InChI is InChI=1S/C18H15N3O3S/c1-24-15-6-7-17-16(8-15)18(14(9-19)11-20-17)13-4-2-12(3-5-13)10-21-25(22)23/h2-8,11,21H,10H2,1H3,(H,22,23). The molecule has 1 atom stereocenters. The lowest BCUT2D eigenvalue weighted by atomic mass is 9.96. The molecule has 0 spiro atoms. The number of aromatic nitrogens is 1. The summed E-state index contributed by atoms with van der Waals surface area (Å²) in [4.78, 5) is 4.33. The molecule has 0 radical (unpaired) electrons. The number of hydrogen-bond donors (Lipinski definition) is 2. The third kappa shape index (κ3) is 3.67. The van der Waals surface area contributed by atoms with Gasteiger partial charge in [0.25, 0.3) is 0 Å². The lowest BCUT2D eigenvalue weighted by molar-refractivity contribution is 0.415. The predicted octanol–water partition coefficient (Wildman–Crippen LogP) is 3.01. The van der Waals surface area contributed by atoms with Crippen molar-refractivity contribution in [3.8, 4) is 22.9 Å². The maximum absolute atomic E-state index is 10.7. The minimum Gasteiger partial charge on any atom is -0.497 e. The van der Waals surface area contributed by atoms with Crippen molar-refractivity contribution in [1.29, 1.82) is 5.26 Å². The number of nitriles is 1. The fourth-order valence-corrected chi connectivity index (χ4v) is 2.92. The van der Waals surface area contributed by atoms with Crippen LogP contribution in [0.15, 0.2) is 48.7 Å². The summed E-state index contributed by atoms with van der Waals surface area (Å²) in [5.41, 5.74) is 3.77. The Hall–Kier alpha value is -2.79. The molecule has 126 valence electrons. The van der Waals surface area contributed by atoms with Gasteiger partial charge in [-0.1, -0.05) is 24.3 Å². The number of fused-ring (bicyclic) bond motifs is 1. The molecule has 7 heteroatoms. The van der Waals surface area contributed by atoms with Gasteiger partial charge in [0, 0.05) is 23.7 Å². The summed E-state index contributed by atoms with van der Waals surface area (Å²) in [5.74, 6) is 0.692. The molecule has 6 nitrogen and oxygen atoms in total. The molecule has 1 aromatic heterocycles. The van der Waals surface area contributed by atoms with Crippen LogP contribution in [0.2, 0.25) is 0 Å². The molecule has 1 heterocycles. The number of nitrogens with one attached hydrogen (secondary N) is 1. The van der Waals surface area contributed by atoms with Gasteiger partial charge in [0.15, 0.2) is 0 Å². The van der Waals surface area contributed by atoms with Gasteiger partial charge in [0.1, 0.15) is 11.8 Å². The van der Waals surface area contributed by atoms with Crippen LogP contribution in [0.4, 0.5) is 0 Å². The van der Waals surface area contributed by atoms with Crippen molar-refractivity contribution >= 4 is 22.2 Å². The molecule has 0 saturated carbocycles. The lowest BCUT2D eigenvalue weighted by Gasteiger charge is -2.11. The second-order valence-electron chi connectivity index (χ2n) is 5.31.